The molecule has 0 aromatic carbocycles. The second-order valence-corrected chi connectivity index (χ2v) is 3.70. The average molecular weight is 194 g/mol. The lowest BCUT2D eigenvalue weighted by atomic mass is 10.3. The number of hydrogen-bond acceptors (Lipinski definition) is 4. The van der Waals surface area contributed by atoms with Crippen molar-refractivity contribution in [3.8, 4) is 0 Å². The van der Waals surface area contributed by atoms with Gasteiger partial charge in [-0.15, -0.1) is 0 Å². The Kier molecular flexibility index (Phi) is 2.25. The van der Waals surface area contributed by atoms with E-state index in [-0.39, 0.29) is 5.78 Å². The summed E-state index contributed by atoms with van der Waals surface area (Å²) in [4.78, 5) is 13.1. The monoisotopic (exact) mass is 194 g/mol. The Morgan fingerprint density at radius 1 is 1.64 bits per heavy atom. The fourth-order valence-electron chi connectivity index (χ4n) is 1.79. The number of anilines is 1. The summed E-state index contributed by atoms with van der Waals surface area (Å²) in [6.07, 6.45) is 0. The summed E-state index contributed by atoms with van der Waals surface area (Å²) in [5.41, 5.74) is 6.68. The normalized spacial score (nSPS) is 16.6. The third-order valence-electron chi connectivity index (χ3n) is 2.34. The standard InChI is InChI=1S/C9H14N4O/c1-7(14)5-12-2-3-13-8(6-12)4-9(10)11-13/h4H,2-3,5-6H2,1H3,(H2,10,11). The molecule has 0 unspecified atom stereocenters. The van der Waals surface area contributed by atoms with E-state index >= 15 is 0 Å². The molecule has 76 valence electrons. The summed E-state index contributed by atoms with van der Waals surface area (Å²) in [6.45, 7) is 4.59. The number of aromatic nitrogens is 2. The van der Waals surface area contributed by atoms with Crippen molar-refractivity contribution in [2.45, 2.75) is 20.0 Å². The van der Waals surface area contributed by atoms with Crippen LogP contribution in [-0.2, 0) is 17.9 Å². The highest BCUT2D eigenvalue weighted by atomic mass is 16.1. The van der Waals surface area contributed by atoms with Crippen LogP contribution in [0, 0.1) is 0 Å². The number of ketones is 1. The van der Waals surface area contributed by atoms with E-state index in [9.17, 15) is 4.79 Å². The minimum Gasteiger partial charge on any atom is -0.382 e. The number of rotatable bonds is 2. The molecule has 2 heterocycles. The molecule has 0 aliphatic carbocycles. The van der Waals surface area contributed by atoms with E-state index in [1.165, 1.54) is 0 Å². The van der Waals surface area contributed by atoms with Crippen LogP contribution in [0.1, 0.15) is 12.6 Å². The molecule has 0 radical (unpaired) electrons. The Morgan fingerprint density at radius 3 is 3.14 bits per heavy atom. The van der Waals surface area contributed by atoms with E-state index in [1.54, 1.807) is 6.92 Å². The summed E-state index contributed by atoms with van der Waals surface area (Å²) >= 11 is 0. The Labute approximate surface area is 82.5 Å². The predicted octanol–water partition coefficient (Wildman–Crippen LogP) is -0.130. The van der Waals surface area contributed by atoms with Crippen molar-refractivity contribution in [2.75, 3.05) is 18.8 Å². The minimum absolute atomic E-state index is 0.200. The van der Waals surface area contributed by atoms with Crippen molar-refractivity contribution in [2.24, 2.45) is 0 Å². The highest BCUT2D eigenvalue weighted by molar-refractivity contribution is 5.77. The van der Waals surface area contributed by atoms with Gasteiger partial charge in [-0.25, -0.2) is 0 Å². The zero-order chi connectivity index (χ0) is 10.1. The van der Waals surface area contributed by atoms with E-state index in [0.29, 0.717) is 12.4 Å². The van der Waals surface area contributed by atoms with Crippen LogP contribution in [0.25, 0.3) is 0 Å². The van der Waals surface area contributed by atoms with Gasteiger partial charge in [-0.1, -0.05) is 0 Å². The first-order valence-electron chi connectivity index (χ1n) is 4.69. The Hall–Kier alpha value is -1.36. The van der Waals surface area contributed by atoms with Crippen LogP contribution in [0.4, 0.5) is 5.82 Å². The average Bonchev–Trinajstić information content (AvgIpc) is 2.42. The first-order chi connectivity index (χ1) is 6.65. The van der Waals surface area contributed by atoms with E-state index in [0.717, 1.165) is 25.3 Å². The maximum Gasteiger partial charge on any atom is 0.145 e. The molecule has 2 N–H and O–H groups in total. The molecular formula is C9H14N4O. The molecule has 0 spiro atoms. The molecule has 14 heavy (non-hydrogen) atoms. The number of Topliss-reactive ketones (excluding diaryl/α,β-unsaturated/α-hetero) is 1. The van der Waals surface area contributed by atoms with Gasteiger partial charge in [0.05, 0.1) is 18.8 Å². The van der Waals surface area contributed by atoms with Crippen molar-refractivity contribution in [1.29, 1.82) is 0 Å². The summed E-state index contributed by atoms with van der Waals surface area (Å²) < 4.78 is 1.91. The zero-order valence-electron chi connectivity index (χ0n) is 8.23. The molecule has 1 aromatic heterocycles. The molecule has 5 heteroatoms. The lowest BCUT2D eigenvalue weighted by Crippen LogP contribution is -2.36. The first kappa shape index (κ1) is 9.21. The molecule has 0 atom stereocenters. The lowest BCUT2D eigenvalue weighted by Gasteiger charge is -2.26. The number of nitrogens with two attached hydrogens (primary N) is 1. The molecule has 0 amide bonds. The van der Waals surface area contributed by atoms with Crippen molar-refractivity contribution in [3.05, 3.63) is 11.8 Å². The summed E-state index contributed by atoms with van der Waals surface area (Å²) in [6, 6.07) is 1.87. The fourth-order valence-corrected chi connectivity index (χ4v) is 1.79. The Balaban J connectivity index is 2.09. The largest absolute Gasteiger partial charge is 0.382 e. The third kappa shape index (κ3) is 1.77. The van der Waals surface area contributed by atoms with Crippen LogP contribution in [0.2, 0.25) is 0 Å². The van der Waals surface area contributed by atoms with Gasteiger partial charge in [0.25, 0.3) is 0 Å². The summed E-state index contributed by atoms with van der Waals surface area (Å²) in [7, 11) is 0. The summed E-state index contributed by atoms with van der Waals surface area (Å²) in [5.74, 6) is 0.760. The van der Waals surface area contributed by atoms with Gasteiger partial charge in [-0.3, -0.25) is 14.4 Å². The van der Waals surface area contributed by atoms with Crippen molar-refractivity contribution >= 4 is 11.6 Å². The van der Waals surface area contributed by atoms with E-state index in [1.807, 2.05) is 10.7 Å². The molecule has 1 aliphatic heterocycles. The third-order valence-corrected chi connectivity index (χ3v) is 2.34. The van der Waals surface area contributed by atoms with E-state index < -0.39 is 0 Å². The van der Waals surface area contributed by atoms with E-state index in [2.05, 4.69) is 10.00 Å². The van der Waals surface area contributed by atoms with Gasteiger partial charge < -0.3 is 5.73 Å². The van der Waals surface area contributed by atoms with Gasteiger partial charge in [-0.05, 0) is 6.92 Å². The van der Waals surface area contributed by atoms with Gasteiger partial charge in [-0.2, -0.15) is 5.10 Å². The zero-order valence-corrected chi connectivity index (χ0v) is 8.23. The highest BCUT2D eigenvalue weighted by Gasteiger charge is 2.18. The van der Waals surface area contributed by atoms with Gasteiger partial charge in [0, 0.05) is 19.2 Å². The highest BCUT2D eigenvalue weighted by Crippen LogP contribution is 2.13. The Bertz CT molecular complexity index is 358. The van der Waals surface area contributed by atoms with Crippen molar-refractivity contribution < 1.29 is 4.79 Å². The minimum atomic E-state index is 0.200. The maximum absolute atomic E-state index is 10.9. The smallest absolute Gasteiger partial charge is 0.145 e. The quantitative estimate of drug-likeness (QED) is 0.712. The Morgan fingerprint density at radius 2 is 2.43 bits per heavy atom. The molecule has 0 fully saturated rings. The first-order valence-corrected chi connectivity index (χ1v) is 4.69. The van der Waals surface area contributed by atoms with Crippen LogP contribution in [0.15, 0.2) is 6.07 Å². The fraction of sp³-hybridized carbons (Fsp3) is 0.556. The number of fused-ring (bicyclic) bond motifs is 1. The molecular weight excluding hydrogens is 180 g/mol. The van der Waals surface area contributed by atoms with Crippen LogP contribution in [0.3, 0.4) is 0 Å². The van der Waals surface area contributed by atoms with E-state index in [4.69, 9.17) is 5.73 Å². The molecule has 0 bridgehead atoms. The van der Waals surface area contributed by atoms with Crippen LogP contribution < -0.4 is 5.73 Å². The molecule has 1 aliphatic rings. The molecule has 0 saturated carbocycles. The topological polar surface area (TPSA) is 64.2 Å². The molecule has 0 saturated heterocycles. The number of nitrogens with zero attached hydrogens (tertiary/aromatic N) is 3. The summed E-state index contributed by atoms with van der Waals surface area (Å²) in [5, 5.41) is 4.15. The molecule has 2 rings (SSSR count). The van der Waals surface area contributed by atoms with Gasteiger partial charge in [0.2, 0.25) is 0 Å². The van der Waals surface area contributed by atoms with Gasteiger partial charge in [0.15, 0.2) is 0 Å². The van der Waals surface area contributed by atoms with Gasteiger partial charge in [0.1, 0.15) is 11.6 Å². The lowest BCUT2D eigenvalue weighted by molar-refractivity contribution is -0.118. The maximum atomic E-state index is 10.9. The van der Waals surface area contributed by atoms with Gasteiger partial charge >= 0.3 is 0 Å². The van der Waals surface area contributed by atoms with Crippen LogP contribution in [-0.4, -0.2) is 33.6 Å². The van der Waals surface area contributed by atoms with Crippen LogP contribution >= 0.6 is 0 Å². The second kappa shape index (κ2) is 3.42. The predicted molar refractivity (Wildman–Crippen MR) is 52.6 cm³/mol. The SMILES string of the molecule is CC(=O)CN1CCn2nc(N)cc2C1. The van der Waals surface area contributed by atoms with Crippen molar-refractivity contribution in [3.63, 3.8) is 0 Å². The number of hydrogen-bond donors (Lipinski definition) is 1. The number of carbonyl (C=O) groups excluding carboxylic acids is 1. The van der Waals surface area contributed by atoms with Crippen LogP contribution in [0.5, 0.6) is 0 Å². The molecule has 1 aromatic rings. The number of nitrogen functional groups attached to an aromatic ring is 1. The van der Waals surface area contributed by atoms with Crippen molar-refractivity contribution in [1.82, 2.24) is 14.7 Å². The molecule has 5 nitrogen and oxygen atoms in total. The number of carbonyl (C=O) groups is 1. The second-order valence-electron chi connectivity index (χ2n) is 3.70.